The topological polar surface area (TPSA) is 26.0 Å². The maximum absolute atomic E-state index is 5.98. The first kappa shape index (κ1) is 8.36. The number of hydrogen-bond acceptors (Lipinski definition) is 1. The molecule has 1 heteroatoms. The van der Waals surface area contributed by atoms with E-state index < -0.39 is 0 Å². The Bertz CT molecular complexity index is 339. The highest BCUT2D eigenvalue weighted by Crippen LogP contribution is 2.36. The van der Waals surface area contributed by atoms with Crippen molar-refractivity contribution >= 4 is 6.08 Å². The predicted molar refractivity (Wildman–Crippen MR) is 56.3 cm³/mol. The monoisotopic (exact) mass is 173 g/mol. The Morgan fingerprint density at radius 1 is 1.31 bits per heavy atom. The van der Waals surface area contributed by atoms with Gasteiger partial charge in [0.05, 0.1) is 0 Å². The van der Waals surface area contributed by atoms with Gasteiger partial charge in [0, 0.05) is 11.6 Å². The summed E-state index contributed by atoms with van der Waals surface area (Å²) in [4.78, 5) is 0. The Kier molecular flexibility index (Phi) is 2.09. The van der Waals surface area contributed by atoms with Gasteiger partial charge in [0.15, 0.2) is 0 Å². The van der Waals surface area contributed by atoms with Crippen LogP contribution in [0.5, 0.6) is 0 Å². The lowest BCUT2D eigenvalue weighted by Gasteiger charge is -2.12. The third-order valence-corrected chi connectivity index (χ3v) is 2.67. The predicted octanol–water partition coefficient (Wildman–Crippen LogP) is 2.88. The molecule has 0 aromatic heterocycles. The summed E-state index contributed by atoms with van der Waals surface area (Å²) < 4.78 is 0. The van der Waals surface area contributed by atoms with Crippen molar-refractivity contribution in [2.45, 2.75) is 25.7 Å². The lowest BCUT2D eigenvalue weighted by atomic mass is 9.95. The van der Waals surface area contributed by atoms with Gasteiger partial charge in [0.1, 0.15) is 0 Å². The number of benzene rings is 1. The zero-order valence-electron chi connectivity index (χ0n) is 7.96. The van der Waals surface area contributed by atoms with E-state index in [9.17, 15) is 0 Å². The highest BCUT2D eigenvalue weighted by molar-refractivity contribution is 5.65. The summed E-state index contributed by atoms with van der Waals surface area (Å²) in [5.41, 5.74) is 9.72. The molecule has 0 amide bonds. The van der Waals surface area contributed by atoms with Crippen LogP contribution < -0.4 is 5.73 Å². The minimum absolute atomic E-state index is 0.473. The summed E-state index contributed by atoms with van der Waals surface area (Å²) in [6.45, 7) is 2.20. The Balaban J connectivity index is 2.37. The average molecular weight is 173 g/mol. The normalized spacial score (nSPS) is 19.8. The molecule has 0 radical (unpaired) electrons. The lowest BCUT2D eigenvalue weighted by molar-refractivity contribution is 0.692. The van der Waals surface area contributed by atoms with Gasteiger partial charge in [0.2, 0.25) is 0 Å². The highest BCUT2D eigenvalue weighted by Gasteiger charge is 2.21. The molecule has 13 heavy (non-hydrogen) atoms. The summed E-state index contributed by atoms with van der Waals surface area (Å²) in [6.07, 6.45) is 4.46. The molecule has 0 spiro atoms. The van der Waals surface area contributed by atoms with E-state index in [1.165, 1.54) is 24.0 Å². The SMILES string of the molecule is CCCC1C(N)=Cc2ccccc21. The van der Waals surface area contributed by atoms with Gasteiger partial charge in [-0.2, -0.15) is 0 Å². The fourth-order valence-corrected chi connectivity index (χ4v) is 2.03. The van der Waals surface area contributed by atoms with E-state index in [4.69, 9.17) is 5.73 Å². The molecule has 0 saturated carbocycles. The summed E-state index contributed by atoms with van der Waals surface area (Å²) in [7, 11) is 0. The molecule has 1 aliphatic rings. The fourth-order valence-electron chi connectivity index (χ4n) is 2.03. The lowest BCUT2D eigenvalue weighted by Crippen LogP contribution is -2.05. The van der Waals surface area contributed by atoms with Crippen molar-refractivity contribution in [2.24, 2.45) is 5.73 Å². The molecule has 1 unspecified atom stereocenters. The largest absolute Gasteiger partial charge is 0.402 e. The molecule has 0 fully saturated rings. The van der Waals surface area contributed by atoms with Gasteiger partial charge < -0.3 is 5.73 Å². The quantitative estimate of drug-likeness (QED) is 0.731. The molecule has 1 aromatic carbocycles. The second-order valence-corrected chi connectivity index (χ2v) is 3.61. The van der Waals surface area contributed by atoms with Crippen LogP contribution in [0.1, 0.15) is 36.8 Å². The average Bonchev–Trinajstić information content (AvgIpc) is 2.44. The number of hydrogen-bond donors (Lipinski definition) is 1. The maximum Gasteiger partial charge on any atom is 0.0241 e. The molecule has 2 N–H and O–H groups in total. The first-order valence-corrected chi connectivity index (χ1v) is 4.89. The van der Waals surface area contributed by atoms with E-state index >= 15 is 0 Å². The van der Waals surface area contributed by atoms with Crippen LogP contribution in [0, 0.1) is 0 Å². The van der Waals surface area contributed by atoms with Gasteiger partial charge in [-0.25, -0.2) is 0 Å². The molecule has 0 bridgehead atoms. The van der Waals surface area contributed by atoms with E-state index in [-0.39, 0.29) is 0 Å². The van der Waals surface area contributed by atoms with Crippen LogP contribution in [0.15, 0.2) is 30.0 Å². The maximum atomic E-state index is 5.98. The van der Waals surface area contributed by atoms with Crippen LogP contribution in [-0.2, 0) is 0 Å². The van der Waals surface area contributed by atoms with Gasteiger partial charge in [-0.05, 0) is 23.6 Å². The Hall–Kier alpha value is -1.24. The molecule has 0 heterocycles. The van der Waals surface area contributed by atoms with Crippen molar-refractivity contribution < 1.29 is 0 Å². The summed E-state index contributed by atoms with van der Waals surface area (Å²) >= 11 is 0. The number of fused-ring (bicyclic) bond motifs is 1. The Labute approximate surface area is 79.3 Å². The second-order valence-electron chi connectivity index (χ2n) is 3.61. The highest BCUT2D eigenvalue weighted by atomic mass is 14.6. The molecular weight excluding hydrogens is 158 g/mol. The van der Waals surface area contributed by atoms with Crippen LogP contribution in [-0.4, -0.2) is 0 Å². The minimum atomic E-state index is 0.473. The third-order valence-electron chi connectivity index (χ3n) is 2.67. The second kappa shape index (κ2) is 3.25. The molecule has 1 atom stereocenters. The molecular formula is C12H15N. The van der Waals surface area contributed by atoms with Gasteiger partial charge in [-0.1, -0.05) is 37.6 Å². The van der Waals surface area contributed by atoms with Crippen molar-refractivity contribution in [3.05, 3.63) is 41.1 Å². The van der Waals surface area contributed by atoms with Gasteiger partial charge >= 0.3 is 0 Å². The number of allylic oxidation sites excluding steroid dienone is 1. The van der Waals surface area contributed by atoms with E-state index in [2.05, 4.69) is 37.3 Å². The van der Waals surface area contributed by atoms with E-state index in [0.29, 0.717) is 5.92 Å². The molecule has 68 valence electrons. The van der Waals surface area contributed by atoms with E-state index in [1.807, 2.05) is 0 Å². The van der Waals surface area contributed by atoms with E-state index in [0.717, 1.165) is 5.70 Å². The fraction of sp³-hybridized carbons (Fsp3) is 0.333. The summed E-state index contributed by atoms with van der Waals surface area (Å²) in [5, 5.41) is 0. The van der Waals surface area contributed by atoms with E-state index in [1.54, 1.807) is 0 Å². The molecule has 0 saturated heterocycles. The first-order chi connectivity index (χ1) is 6.33. The summed E-state index contributed by atoms with van der Waals surface area (Å²) in [6, 6.07) is 8.48. The van der Waals surface area contributed by atoms with Crippen molar-refractivity contribution in [1.82, 2.24) is 0 Å². The number of nitrogens with two attached hydrogens (primary N) is 1. The zero-order valence-corrected chi connectivity index (χ0v) is 7.96. The standard InChI is InChI=1S/C12H15N/c1-2-5-11-10-7-4-3-6-9(10)8-12(11)13/h3-4,6-8,11H,2,5,13H2,1H3. The van der Waals surface area contributed by atoms with Gasteiger partial charge in [-0.15, -0.1) is 0 Å². The van der Waals surface area contributed by atoms with Gasteiger partial charge in [0.25, 0.3) is 0 Å². The number of rotatable bonds is 2. The van der Waals surface area contributed by atoms with Crippen LogP contribution in [0.25, 0.3) is 6.08 Å². The van der Waals surface area contributed by atoms with Crippen LogP contribution in [0.3, 0.4) is 0 Å². The van der Waals surface area contributed by atoms with Crippen LogP contribution in [0.4, 0.5) is 0 Å². The zero-order chi connectivity index (χ0) is 9.26. The van der Waals surface area contributed by atoms with Crippen molar-refractivity contribution in [3.8, 4) is 0 Å². The summed E-state index contributed by atoms with van der Waals surface area (Å²) in [5.74, 6) is 0.473. The van der Waals surface area contributed by atoms with Crippen LogP contribution >= 0.6 is 0 Å². The third kappa shape index (κ3) is 1.35. The Morgan fingerprint density at radius 3 is 2.85 bits per heavy atom. The minimum Gasteiger partial charge on any atom is -0.402 e. The molecule has 0 aliphatic heterocycles. The molecule has 1 aromatic rings. The van der Waals surface area contributed by atoms with Crippen molar-refractivity contribution in [3.63, 3.8) is 0 Å². The Morgan fingerprint density at radius 2 is 2.08 bits per heavy atom. The van der Waals surface area contributed by atoms with Crippen LogP contribution in [0.2, 0.25) is 0 Å². The van der Waals surface area contributed by atoms with Gasteiger partial charge in [-0.3, -0.25) is 0 Å². The smallest absolute Gasteiger partial charge is 0.0241 e. The molecule has 1 nitrogen and oxygen atoms in total. The molecule has 1 aliphatic carbocycles. The molecule has 2 rings (SSSR count). The van der Waals surface area contributed by atoms with Crippen molar-refractivity contribution in [1.29, 1.82) is 0 Å². The van der Waals surface area contributed by atoms with Crippen molar-refractivity contribution in [2.75, 3.05) is 0 Å². The first-order valence-electron chi connectivity index (χ1n) is 4.89.